The molecular weight excluding hydrogens is 367 g/mol. The van der Waals surface area contributed by atoms with Crippen molar-refractivity contribution in [3.05, 3.63) is 64.9 Å². The Labute approximate surface area is 151 Å². The molecule has 0 saturated heterocycles. The number of sulfonamides is 1. The topological polar surface area (TPSA) is 66.5 Å². The highest BCUT2D eigenvalue weighted by molar-refractivity contribution is 7.92. The van der Waals surface area contributed by atoms with E-state index in [1.165, 1.54) is 25.1 Å². The smallest absolute Gasteiger partial charge is 0.243 e. The molecule has 0 unspecified atom stereocenters. The van der Waals surface area contributed by atoms with Crippen molar-refractivity contribution in [3.63, 3.8) is 0 Å². The van der Waals surface area contributed by atoms with E-state index in [4.69, 9.17) is 11.6 Å². The SMILES string of the molecule is C[C@@H](C(=O)NCc1ccc(Cl)cc1)N(c1ccccc1F)S(C)(=O)=O. The molecule has 2 rings (SSSR count). The van der Waals surface area contributed by atoms with E-state index in [0.29, 0.717) is 5.02 Å². The summed E-state index contributed by atoms with van der Waals surface area (Å²) in [7, 11) is -3.86. The van der Waals surface area contributed by atoms with Crippen LogP contribution in [0.5, 0.6) is 0 Å². The zero-order valence-corrected chi connectivity index (χ0v) is 15.3. The Bertz CT molecular complexity index is 856. The summed E-state index contributed by atoms with van der Waals surface area (Å²) in [6.45, 7) is 1.61. The van der Waals surface area contributed by atoms with Crippen molar-refractivity contribution < 1.29 is 17.6 Å². The molecule has 1 N–H and O–H groups in total. The van der Waals surface area contributed by atoms with E-state index in [9.17, 15) is 17.6 Å². The van der Waals surface area contributed by atoms with E-state index in [-0.39, 0.29) is 12.2 Å². The van der Waals surface area contributed by atoms with Crippen LogP contribution in [0.25, 0.3) is 0 Å². The van der Waals surface area contributed by atoms with Crippen LogP contribution in [0.1, 0.15) is 12.5 Å². The first-order valence-electron chi connectivity index (χ1n) is 7.46. The number of halogens is 2. The molecule has 0 aliphatic carbocycles. The lowest BCUT2D eigenvalue weighted by Gasteiger charge is -2.28. The van der Waals surface area contributed by atoms with Crippen molar-refractivity contribution in [2.75, 3.05) is 10.6 Å². The zero-order valence-electron chi connectivity index (χ0n) is 13.7. The summed E-state index contributed by atoms with van der Waals surface area (Å²) in [5.41, 5.74) is 0.640. The van der Waals surface area contributed by atoms with Crippen molar-refractivity contribution in [2.45, 2.75) is 19.5 Å². The van der Waals surface area contributed by atoms with Gasteiger partial charge in [-0.25, -0.2) is 12.8 Å². The molecule has 0 fully saturated rings. The predicted octanol–water partition coefficient (Wildman–Crippen LogP) is 2.95. The minimum absolute atomic E-state index is 0.167. The van der Waals surface area contributed by atoms with Gasteiger partial charge in [-0.1, -0.05) is 35.9 Å². The average molecular weight is 385 g/mol. The number of hydrogen-bond donors (Lipinski definition) is 1. The van der Waals surface area contributed by atoms with Gasteiger partial charge in [-0.05, 0) is 36.8 Å². The fourth-order valence-corrected chi connectivity index (χ4v) is 3.65. The van der Waals surface area contributed by atoms with Gasteiger partial charge in [0.05, 0.1) is 11.9 Å². The first-order valence-corrected chi connectivity index (χ1v) is 9.69. The van der Waals surface area contributed by atoms with E-state index in [1.54, 1.807) is 24.3 Å². The fraction of sp³-hybridized carbons (Fsp3) is 0.235. The van der Waals surface area contributed by atoms with Crippen LogP contribution in [0, 0.1) is 5.82 Å². The molecule has 2 aromatic carbocycles. The highest BCUT2D eigenvalue weighted by Gasteiger charge is 2.30. The lowest BCUT2D eigenvalue weighted by molar-refractivity contribution is -0.122. The molecule has 134 valence electrons. The fourth-order valence-electron chi connectivity index (χ4n) is 2.35. The number of rotatable bonds is 6. The Morgan fingerprint density at radius 1 is 1.20 bits per heavy atom. The maximum Gasteiger partial charge on any atom is 0.243 e. The van der Waals surface area contributed by atoms with Crippen molar-refractivity contribution in [2.24, 2.45) is 0 Å². The quantitative estimate of drug-likeness (QED) is 0.832. The van der Waals surface area contributed by atoms with Gasteiger partial charge in [-0.3, -0.25) is 9.10 Å². The molecular formula is C17H18ClFN2O3S. The summed E-state index contributed by atoms with van der Waals surface area (Å²) in [6, 6.07) is 11.2. The minimum atomic E-state index is -3.86. The Morgan fingerprint density at radius 2 is 1.80 bits per heavy atom. The maximum absolute atomic E-state index is 14.0. The summed E-state index contributed by atoms with van der Waals surface area (Å²) in [4.78, 5) is 12.4. The van der Waals surface area contributed by atoms with Gasteiger partial charge in [0.1, 0.15) is 11.9 Å². The highest BCUT2D eigenvalue weighted by Crippen LogP contribution is 2.24. The largest absolute Gasteiger partial charge is 0.350 e. The monoisotopic (exact) mass is 384 g/mol. The maximum atomic E-state index is 14.0. The van der Waals surface area contributed by atoms with Crippen LogP contribution in [-0.4, -0.2) is 26.6 Å². The van der Waals surface area contributed by atoms with Crippen molar-refractivity contribution in [3.8, 4) is 0 Å². The van der Waals surface area contributed by atoms with Crippen LogP contribution in [0.3, 0.4) is 0 Å². The van der Waals surface area contributed by atoms with Gasteiger partial charge < -0.3 is 5.32 Å². The average Bonchev–Trinajstić information content (AvgIpc) is 2.54. The molecule has 0 radical (unpaired) electrons. The van der Waals surface area contributed by atoms with Crippen LogP contribution in [0.4, 0.5) is 10.1 Å². The predicted molar refractivity (Wildman–Crippen MR) is 96.5 cm³/mol. The van der Waals surface area contributed by atoms with Crippen LogP contribution < -0.4 is 9.62 Å². The Hall–Kier alpha value is -2.12. The first-order chi connectivity index (χ1) is 11.7. The first kappa shape index (κ1) is 19.2. The molecule has 1 atom stereocenters. The van der Waals surface area contributed by atoms with Gasteiger partial charge in [0.2, 0.25) is 15.9 Å². The Kier molecular flexibility index (Phi) is 6.02. The van der Waals surface area contributed by atoms with Crippen molar-refractivity contribution in [1.29, 1.82) is 0 Å². The highest BCUT2D eigenvalue weighted by atomic mass is 35.5. The molecule has 0 aliphatic rings. The summed E-state index contributed by atoms with van der Waals surface area (Å²) in [5, 5.41) is 3.22. The van der Waals surface area contributed by atoms with Gasteiger partial charge in [-0.15, -0.1) is 0 Å². The number of hydrogen-bond acceptors (Lipinski definition) is 3. The van der Waals surface area contributed by atoms with Crippen molar-refractivity contribution in [1.82, 2.24) is 5.32 Å². The summed E-state index contributed by atoms with van der Waals surface area (Å²) < 4.78 is 39.0. The third-order valence-corrected chi connectivity index (χ3v) is 5.04. The molecule has 1 amide bonds. The number of nitrogens with zero attached hydrogens (tertiary/aromatic N) is 1. The molecule has 0 heterocycles. The molecule has 0 bridgehead atoms. The van der Waals surface area contributed by atoms with Gasteiger partial charge in [-0.2, -0.15) is 0 Å². The second kappa shape index (κ2) is 7.84. The molecule has 0 saturated carbocycles. The summed E-state index contributed by atoms with van der Waals surface area (Å²) >= 11 is 5.80. The molecule has 2 aromatic rings. The number of amides is 1. The summed E-state index contributed by atoms with van der Waals surface area (Å²) in [6.07, 6.45) is 0.933. The molecule has 0 aliphatic heterocycles. The third-order valence-electron chi connectivity index (χ3n) is 3.56. The van der Waals surface area contributed by atoms with Crippen LogP contribution in [0.15, 0.2) is 48.5 Å². The molecule has 25 heavy (non-hydrogen) atoms. The van der Waals surface area contributed by atoms with E-state index < -0.39 is 27.8 Å². The molecule has 8 heteroatoms. The number of para-hydroxylation sites is 1. The molecule has 0 aromatic heterocycles. The lowest BCUT2D eigenvalue weighted by Crippen LogP contribution is -2.48. The second-order valence-corrected chi connectivity index (χ2v) is 7.83. The standard InChI is InChI=1S/C17H18ClFN2O3S/c1-12(17(22)20-11-13-7-9-14(18)10-8-13)21(25(2,23)24)16-6-4-3-5-15(16)19/h3-10,12H,11H2,1-2H3,(H,20,22)/t12-/m0/s1. The van der Waals surface area contributed by atoms with E-state index >= 15 is 0 Å². The zero-order chi connectivity index (χ0) is 18.6. The van der Waals surface area contributed by atoms with Gasteiger partial charge in [0.15, 0.2) is 0 Å². The normalized spacial score (nSPS) is 12.5. The number of anilines is 1. The van der Waals surface area contributed by atoms with Crippen LogP contribution in [-0.2, 0) is 21.4 Å². The lowest BCUT2D eigenvalue weighted by atomic mass is 10.2. The Balaban J connectivity index is 2.19. The van der Waals surface area contributed by atoms with Crippen LogP contribution in [0.2, 0.25) is 5.02 Å². The number of carbonyl (C=O) groups is 1. The molecule has 0 spiro atoms. The summed E-state index contributed by atoms with van der Waals surface area (Å²) in [5.74, 6) is -1.26. The van der Waals surface area contributed by atoms with Gasteiger partial charge >= 0.3 is 0 Å². The second-order valence-electron chi connectivity index (χ2n) is 5.53. The van der Waals surface area contributed by atoms with E-state index in [1.807, 2.05) is 0 Å². The van der Waals surface area contributed by atoms with E-state index in [2.05, 4.69) is 5.32 Å². The van der Waals surface area contributed by atoms with Crippen molar-refractivity contribution >= 4 is 33.2 Å². The number of carbonyl (C=O) groups excluding carboxylic acids is 1. The molecule has 5 nitrogen and oxygen atoms in total. The number of benzene rings is 2. The van der Waals surface area contributed by atoms with Gasteiger partial charge in [0.25, 0.3) is 0 Å². The van der Waals surface area contributed by atoms with Crippen LogP contribution >= 0.6 is 11.6 Å². The third kappa shape index (κ3) is 4.93. The minimum Gasteiger partial charge on any atom is -0.350 e. The van der Waals surface area contributed by atoms with Gasteiger partial charge in [0, 0.05) is 11.6 Å². The Morgan fingerprint density at radius 3 is 2.36 bits per heavy atom. The number of nitrogens with one attached hydrogen (secondary N) is 1. The van der Waals surface area contributed by atoms with E-state index in [0.717, 1.165) is 22.2 Å².